The lowest BCUT2D eigenvalue weighted by atomic mass is 10.2. The third-order valence-corrected chi connectivity index (χ3v) is 3.08. The molecule has 18 heavy (non-hydrogen) atoms. The molecule has 1 amide bonds. The monoisotopic (exact) mass is 308 g/mol. The highest BCUT2D eigenvalue weighted by molar-refractivity contribution is 9.10. The van der Waals surface area contributed by atoms with E-state index in [2.05, 4.69) is 26.2 Å². The molecule has 0 saturated carbocycles. The highest BCUT2D eigenvalue weighted by Crippen LogP contribution is 2.13. The van der Waals surface area contributed by atoms with E-state index in [0.29, 0.717) is 12.1 Å². The van der Waals surface area contributed by atoms with E-state index in [1.165, 1.54) is 24.3 Å². The molecule has 1 heterocycles. The summed E-state index contributed by atoms with van der Waals surface area (Å²) in [4.78, 5) is 15.9. The number of benzene rings is 1. The maximum atomic E-state index is 12.7. The molecule has 0 spiro atoms. The van der Waals surface area contributed by atoms with E-state index in [9.17, 15) is 9.18 Å². The van der Waals surface area contributed by atoms with Gasteiger partial charge in [0.05, 0.1) is 12.2 Å². The molecule has 0 aliphatic carbocycles. The number of aromatic nitrogens is 1. The third-order valence-electron chi connectivity index (χ3n) is 2.36. The molecule has 0 saturated heterocycles. The zero-order chi connectivity index (χ0) is 13.0. The van der Waals surface area contributed by atoms with Gasteiger partial charge in [-0.05, 0) is 52.3 Å². The maximum Gasteiger partial charge on any atom is 0.251 e. The summed E-state index contributed by atoms with van der Waals surface area (Å²) in [6.07, 6.45) is 1.66. The van der Waals surface area contributed by atoms with Gasteiger partial charge in [-0.2, -0.15) is 0 Å². The molecule has 92 valence electrons. The van der Waals surface area contributed by atoms with Crippen molar-refractivity contribution in [1.29, 1.82) is 0 Å². The van der Waals surface area contributed by atoms with Crippen LogP contribution < -0.4 is 5.32 Å². The first-order valence-corrected chi connectivity index (χ1v) is 6.09. The molecule has 1 aromatic carbocycles. The van der Waals surface area contributed by atoms with Crippen LogP contribution >= 0.6 is 15.9 Å². The smallest absolute Gasteiger partial charge is 0.251 e. The van der Waals surface area contributed by atoms with Gasteiger partial charge in [-0.3, -0.25) is 9.78 Å². The van der Waals surface area contributed by atoms with E-state index >= 15 is 0 Å². The summed E-state index contributed by atoms with van der Waals surface area (Å²) in [6, 6.07) is 9.05. The Hall–Kier alpha value is -1.75. The summed E-state index contributed by atoms with van der Waals surface area (Å²) in [5.41, 5.74) is 1.16. The summed E-state index contributed by atoms with van der Waals surface area (Å²) in [7, 11) is 0. The minimum atomic E-state index is -0.362. The Kier molecular flexibility index (Phi) is 4.04. The molecule has 1 N–H and O–H groups in total. The number of hydrogen-bond acceptors (Lipinski definition) is 2. The Balaban J connectivity index is 2.01. The van der Waals surface area contributed by atoms with Crippen molar-refractivity contribution >= 4 is 21.8 Å². The average Bonchev–Trinajstić information content (AvgIpc) is 2.38. The van der Waals surface area contributed by atoms with Crippen molar-refractivity contribution in [2.24, 2.45) is 0 Å². The van der Waals surface area contributed by atoms with Gasteiger partial charge in [0.2, 0.25) is 0 Å². The van der Waals surface area contributed by atoms with Crippen LogP contribution in [-0.2, 0) is 6.54 Å². The first-order chi connectivity index (χ1) is 8.66. The van der Waals surface area contributed by atoms with Gasteiger partial charge in [-0.15, -0.1) is 0 Å². The fraction of sp³-hybridized carbons (Fsp3) is 0.0769. The summed E-state index contributed by atoms with van der Waals surface area (Å²) in [5, 5.41) is 2.72. The zero-order valence-corrected chi connectivity index (χ0v) is 10.9. The molecule has 0 radical (unpaired) electrons. The van der Waals surface area contributed by atoms with E-state index in [4.69, 9.17) is 0 Å². The van der Waals surface area contributed by atoms with Crippen LogP contribution in [0.2, 0.25) is 0 Å². The largest absolute Gasteiger partial charge is 0.346 e. The van der Waals surface area contributed by atoms with Crippen LogP contribution in [0.4, 0.5) is 4.39 Å². The van der Waals surface area contributed by atoms with E-state index in [1.54, 1.807) is 12.3 Å². The van der Waals surface area contributed by atoms with Gasteiger partial charge < -0.3 is 5.32 Å². The molecular weight excluding hydrogens is 299 g/mol. The second kappa shape index (κ2) is 5.73. The quantitative estimate of drug-likeness (QED) is 0.947. The molecule has 0 aliphatic heterocycles. The number of carbonyl (C=O) groups excluding carboxylic acids is 1. The standard InChI is InChI=1S/C13H10BrFN2O/c14-11-2-1-7-16-12(11)8-17-13(18)9-3-5-10(15)6-4-9/h1-7H,8H2,(H,17,18). The topological polar surface area (TPSA) is 42.0 Å². The molecule has 0 unspecified atom stereocenters. The van der Waals surface area contributed by atoms with E-state index in [0.717, 1.165) is 10.2 Å². The summed E-state index contributed by atoms with van der Waals surface area (Å²) in [5.74, 6) is -0.619. The molecule has 5 heteroatoms. The summed E-state index contributed by atoms with van der Waals surface area (Å²) < 4.78 is 13.5. The third kappa shape index (κ3) is 3.13. The Morgan fingerprint density at radius 3 is 2.67 bits per heavy atom. The normalized spacial score (nSPS) is 10.1. The number of nitrogens with one attached hydrogen (secondary N) is 1. The van der Waals surface area contributed by atoms with Crippen molar-refractivity contribution in [3.05, 3.63) is 64.1 Å². The lowest BCUT2D eigenvalue weighted by Crippen LogP contribution is -2.23. The minimum absolute atomic E-state index is 0.257. The van der Waals surface area contributed by atoms with Crippen molar-refractivity contribution in [3.8, 4) is 0 Å². The number of pyridine rings is 1. The molecular formula is C13H10BrFN2O. The maximum absolute atomic E-state index is 12.7. The Bertz CT molecular complexity index is 557. The van der Waals surface area contributed by atoms with Crippen molar-refractivity contribution in [1.82, 2.24) is 10.3 Å². The average molecular weight is 309 g/mol. The van der Waals surface area contributed by atoms with Gasteiger partial charge in [-0.25, -0.2) is 4.39 Å². The van der Waals surface area contributed by atoms with Crippen molar-refractivity contribution in [2.75, 3.05) is 0 Å². The van der Waals surface area contributed by atoms with Gasteiger partial charge in [0, 0.05) is 16.2 Å². The second-order valence-electron chi connectivity index (χ2n) is 3.62. The second-order valence-corrected chi connectivity index (χ2v) is 4.48. The van der Waals surface area contributed by atoms with Gasteiger partial charge >= 0.3 is 0 Å². The van der Waals surface area contributed by atoms with Crippen LogP contribution in [-0.4, -0.2) is 10.9 Å². The Labute approximate surface area is 112 Å². The van der Waals surface area contributed by atoms with Gasteiger partial charge in [-0.1, -0.05) is 0 Å². The van der Waals surface area contributed by atoms with Crippen molar-refractivity contribution < 1.29 is 9.18 Å². The molecule has 2 rings (SSSR count). The molecule has 3 nitrogen and oxygen atoms in total. The number of amides is 1. The first kappa shape index (κ1) is 12.7. The Morgan fingerprint density at radius 2 is 2.00 bits per heavy atom. The highest BCUT2D eigenvalue weighted by atomic mass is 79.9. The van der Waals surface area contributed by atoms with E-state index < -0.39 is 0 Å². The Morgan fingerprint density at radius 1 is 1.28 bits per heavy atom. The van der Waals surface area contributed by atoms with Crippen LogP contribution in [0.15, 0.2) is 47.1 Å². The molecule has 1 aromatic heterocycles. The number of nitrogens with zero attached hydrogens (tertiary/aromatic N) is 1. The number of halogens is 2. The van der Waals surface area contributed by atoms with Gasteiger partial charge in [0.1, 0.15) is 5.82 Å². The number of rotatable bonds is 3. The predicted molar refractivity (Wildman–Crippen MR) is 69.5 cm³/mol. The van der Waals surface area contributed by atoms with Crippen LogP contribution in [0.3, 0.4) is 0 Å². The minimum Gasteiger partial charge on any atom is -0.346 e. The molecule has 2 aromatic rings. The lowest BCUT2D eigenvalue weighted by molar-refractivity contribution is 0.0950. The zero-order valence-electron chi connectivity index (χ0n) is 9.36. The van der Waals surface area contributed by atoms with Gasteiger partial charge in [0.25, 0.3) is 5.91 Å². The van der Waals surface area contributed by atoms with Crippen LogP contribution in [0.5, 0.6) is 0 Å². The highest BCUT2D eigenvalue weighted by Gasteiger charge is 2.06. The fourth-order valence-corrected chi connectivity index (χ4v) is 1.81. The predicted octanol–water partition coefficient (Wildman–Crippen LogP) is 2.91. The SMILES string of the molecule is O=C(NCc1ncccc1Br)c1ccc(F)cc1. The summed E-state index contributed by atoms with van der Waals surface area (Å²) >= 11 is 3.35. The molecule has 0 aliphatic rings. The molecule has 0 bridgehead atoms. The number of carbonyl (C=O) groups is 1. The summed E-state index contributed by atoms with van der Waals surface area (Å²) in [6.45, 7) is 0.317. The number of hydrogen-bond donors (Lipinski definition) is 1. The van der Waals surface area contributed by atoms with Crippen LogP contribution in [0.1, 0.15) is 16.1 Å². The molecule has 0 fully saturated rings. The fourth-order valence-electron chi connectivity index (χ4n) is 1.42. The first-order valence-electron chi connectivity index (χ1n) is 5.30. The van der Waals surface area contributed by atoms with Crippen molar-refractivity contribution in [3.63, 3.8) is 0 Å². The van der Waals surface area contributed by atoms with E-state index in [1.807, 2.05) is 6.07 Å². The van der Waals surface area contributed by atoms with Crippen LogP contribution in [0.25, 0.3) is 0 Å². The van der Waals surface area contributed by atoms with Crippen molar-refractivity contribution in [2.45, 2.75) is 6.54 Å². The van der Waals surface area contributed by atoms with Crippen LogP contribution in [0, 0.1) is 5.82 Å². The molecule has 0 atom stereocenters. The lowest BCUT2D eigenvalue weighted by Gasteiger charge is -2.06. The van der Waals surface area contributed by atoms with Gasteiger partial charge in [0.15, 0.2) is 0 Å². The van der Waals surface area contributed by atoms with E-state index in [-0.39, 0.29) is 11.7 Å².